The minimum Gasteiger partial charge on any atom is -0.395 e. The molecule has 0 saturated heterocycles. The standard InChI is InChI=1S/C12H19ClN2OS2/c13-11-5-6-12(17-11)18-15-10(7-16)8-1-3-9(14)4-2-8/h5-6,8-10,15-16H,1-4,7,14H2. The third-order valence-corrected chi connectivity index (χ3v) is 5.73. The molecule has 6 heteroatoms. The fourth-order valence-electron chi connectivity index (χ4n) is 2.32. The zero-order chi connectivity index (χ0) is 13.0. The summed E-state index contributed by atoms with van der Waals surface area (Å²) in [5.74, 6) is 0.526. The third kappa shape index (κ3) is 4.11. The van der Waals surface area contributed by atoms with Crippen LogP contribution in [0.4, 0.5) is 0 Å². The predicted octanol–water partition coefficient (Wildman–Crippen LogP) is 2.88. The molecule has 0 aromatic carbocycles. The van der Waals surface area contributed by atoms with Crippen LogP contribution in [0, 0.1) is 5.92 Å². The summed E-state index contributed by atoms with van der Waals surface area (Å²) in [5.41, 5.74) is 5.91. The summed E-state index contributed by atoms with van der Waals surface area (Å²) in [7, 11) is 0. The zero-order valence-corrected chi connectivity index (χ0v) is 12.5. The minimum atomic E-state index is 0.142. The van der Waals surface area contributed by atoms with Gasteiger partial charge in [-0.15, -0.1) is 11.3 Å². The molecule has 0 amide bonds. The average Bonchev–Trinajstić information content (AvgIpc) is 2.78. The molecule has 0 bridgehead atoms. The topological polar surface area (TPSA) is 58.3 Å². The normalized spacial score (nSPS) is 26.2. The number of aliphatic hydroxyl groups is 1. The fourth-order valence-corrected chi connectivity index (χ4v) is 4.48. The van der Waals surface area contributed by atoms with Gasteiger partial charge in [-0.25, -0.2) is 0 Å². The lowest BCUT2D eigenvalue weighted by Gasteiger charge is -2.31. The van der Waals surface area contributed by atoms with Gasteiger partial charge in [-0.2, -0.15) is 0 Å². The first-order chi connectivity index (χ1) is 8.69. The fraction of sp³-hybridized carbons (Fsp3) is 0.667. The number of hydrogen-bond donors (Lipinski definition) is 3. The Labute approximate surface area is 121 Å². The van der Waals surface area contributed by atoms with Crippen molar-refractivity contribution >= 4 is 34.9 Å². The number of nitrogens with one attached hydrogen (secondary N) is 1. The van der Waals surface area contributed by atoms with Gasteiger partial charge in [-0.3, -0.25) is 4.72 Å². The van der Waals surface area contributed by atoms with Gasteiger partial charge in [0.25, 0.3) is 0 Å². The number of nitrogens with two attached hydrogens (primary N) is 1. The van der Waals surface area contributed by atoms with Gasteiger partial charge in [0.05, 0.1) is 15.2 Å². The maximum absolute atomic E-state index is 9.50. The van der Waals surface area contributed by atoms with Crippen molar-refractivity contribution in [2.24, 2.45) is 11.7 Å². The van der Waals surface area contributed by atoms with Gasteiger partial charge in [-0.05, 0) is 55.7 Å². The second kappa shape index (κ2) is 7.12. The quantitative estimate of drug-likeness (QED) is 0.732. The van der Waals surface area contributed by atoms with Crippen molar-refractivity contribution in [3.8, 4) is 0 Å². The summed E-state index contributed by atoms with van der Waals surface area (Å²) in [6.07, 6.45) is 4.34. The molecule has 0 spiro atoms. The lowest BCUT2D eigenvalue weighted by molar-refractivity contribution is 0.184. The van der Waals surface area contributed by atoms with Crippen LogP contribution in [0.15, 0.2) is 16.3 Å². The molecule has 4 N–H and O–H groups in total. The molecule has 0 aliphatic heterocycles. The summed E-state index contributed by atoms with van der Waals surface area (Å²) in [6, 6.07) is 4.38. The molecular weight excluding hydrogens is 288 g/mol. The highest BCUT2D eigenvalue weighted by Gasteiger charge is 2.25. The number of thiophene rings is 1. The van der Waals surface area contributed by atoms with E-state index in [0.717, 1.165) is 34.2 Å². The molecule has 1 heterocycles. The summed E-state index contributed by atoms with van der Waals surface area (Å²) in [5, 5.41) is 9.50. The van der Waals surface area contributed by atoms with E-state index in [1.807, 2.05) is 12.1 Å². The molecule has 0 radical (unpaired) electrons. The Bertz CT molecular complexity index is 367. The molecule has 1 aromatic heterocycles. The Kier molecular flexibility index (Phi) is 5.79. The predicted molar refractivity (Wildman–Crippen MR) is 79.1 cm³/mol. The van der Waals surface area contributed by atoms with Crippen LogP contribution in [-0.4, -0.2) is 23.8 Å². The van der Waals surface area contributed by atoms with Crippen LogP contribution >= 0.6 is 34.9 Å². The van der Waals surface area contributed by atoms with Gasteiger partial charge in [0.2, 0.25) is 0 Å². The first kappa shape index (κ1) is 14.6. The number of rotatable bonds is 5. The lowest BCUT2D eigenvalue weighted by atomic mass is 9.82. The summed E-state index contributed by atoms with van der Waals surface area (Å²) in [4.78, 5) is 0. The summed E-state index contributed by atoms with van der Waals surface area (Å²) in [6.45, 7) is 0.173. The molecule has 1 aliphatic carbocycles. The van der Waals surface area contributed by atoms with E-state index in [2.05, 4.69) is 4.72 Å². The van der Waals surface area contributed by atoms with E-state index in [4.69, 9.17) is 17.3 Å². The van der Waals surface area contributed by atoms with Gasteiger partial charge in [-0.1, -0.05) is 11.6 Å². The second-order valence-electron chi connectivity index (χ2n) is 4.74. The van der Waals surface area contributed by atoms with Crippen LogP contribution in [0.2, 0.25) is 4.34 Å². The highest BCUT2D eigenvalue weighted by Crippen LogP contribution is 2.31. The van der Waals surface area contributed by atoms with E-state index in [1.54, 1.807) is 23.3 Å². The van der Waals surface area contributed by atoms with Crippen LogP contribution in [0.1, 0.15) is 25.7 Å². The molecule has 1 unspecified atom stereocenters. The molecule has 2 rings (SSSR count). The number of halogens is 1. The molecule has 18 heavy (non-hydrogen) atoms. The van der Waals surface area contributed by atoms with Crippen molar-refractivity contribution in [3.63, 3.8) is 0 Å². The number of aliphatic hydroxyl groups excluding tert-OH is 1. The SMILES string of the molecule is NC1CCC(C(CO)NSc2ccc(Cl)s2)CC1. The minimum absolute atomic E-state index is 0.142. The van der Waals surface area contributed by atoms with Crippen LogP contribution in [0.3, 0.4) is 0 Å². The van der Waals surface area contributed by atoms with Crippen LogP contribution in [0.25, 0.3) is 0 Å². The van der Waals surface area contributed by atoms with E-state index >= 15 is 0 Å². The first-order valence-electron chi connectivity index (χ1n) is 6.23. The second-order valence-corrected chi connectivity index (χ2v) is 7.60. The first-order valence-corrected chi connectivity index (χ1v) is 8.24. The van der Waals surface area contributed by atoms with E-state index in [9.17, 15) is 5.11 Å². The molecule has 1 saturated carbocycles. The van der Waals surface area contributed by atoms with Crippen LogP contribution < -0.4 is 10.5 Å². The van der Waals surface area contributed by atoms with Gasteiger partial charge in [0.1, 0.15) is 0 Å². The van der Waals surface area contributed by atoms with Gasteiger partial charge in [0.15, 0.2) is 0 Å². The maximum Gasteiger partial charge on any atom is 0.0940 e. The Hall–Kier alpha value is 0.220. The molecule has 1 atom stereocenters. The molecule has 1 aliphatic rings. The van der Waals surface area contributed by atoms with Crippen molar-refractivity contribution in [2.75, 3.05) is 6.61 Å². The lowest BCUT2D eigenvalue weighted by Crippen LogP contribution is -2.39. The van der Waals surface area contributed by atoms with Crippen LogP contribution in [0.5, 0.6) is 0 Å². The van der Waals surface area contributed by atoms with E-state index in [-0.39, 0.29) is 12.6 Å². The Balaban J connectivity index is 1.81. The van der Waals surface area contributed by atoms with Crippen molar-refractivity contribution in [1.82, 2.24) is 4.72 Å². The summed E-state index contributed by atoms with van der Waals surface area (Å²) >= 11 is 9.00. The zero-order valence-electron chi connectivity index (χ0n) is 10.1. The Morgan fingerprint density at radius 1 is 1.44 bits per heavy atom. The van der Waals surface area contributed by atoms with Crippen molar-refractivity contribution in [1.29, 1.82) is 0 Å². The monoisotopic (exact) mass is 306 g/mol. The highest BCUT2D eigenvalue weighted by atomic mass is 35.5. The highest BCUT2D eigenvalue weighted by molar-refractivity contribution is 7.99. The molecule has 102 valence electrons. The van der Waals surface area contributed by atoms with Gasteiger partial charge < -0.3 is 10.8 Å². The van der Waals surface area contributed by atoms with Crippen LogP contribution in [-0.2, 0) is 0 Å². The molecule has 1 fully saturated rings. The van der Waals surface area contributed by atoms with E-state index in [0.29, 0.717) is 12.0 Å². The molecule has 1 aromatic rings. The smallest absolute Gasteiger partial charge is 0.0940 e. The molecule has 3 nitrogen and oxygen atoms in total. The van der Waals surface area contributed by atoms with Crippen molar-refractivity contribution in [2.45, 2.75) is 42.0 Å². The Morgan fingerprint density at radius 2 is 2.17 bits per heavy atom. The maximum atomic E-state index is 9.50. The molecular formula is C12H19ClN2OS2. The third-order valence-electron chi connectivity index (χ3n) is 3.44. The average molecular weight is 307 g/mol. The number of hydrogen-bond acceptors (Lipinski definition) is 5. The van der Waals surface area contributed by atoms with E-state index in [1.165, 1.54) is 0 Å². The largest absolute Gasteiger partial charge is 0.395 e. The van der Waals surface area contributed by atoms with Crippen molar-refractivity contribution in [3.05, 3.63) is 16.5 Å². The van der Waals surface area contributed by atoms with Crippen molar-refractivity contribution < 1.29 is 5.11 Å². The Morgan fingerprint density at radius 3 is 2.72 bits per heavy atom. The summed E-state index contributed by atoms with van der Waals surface area (Å²) < 4.78 is 5.29. The van der Waals surface area contributed by atoms with Gasteiger partial charge >= 0.3 is 0 Å². The van der Waals surface area contributed by atoms with E-state index < -0.39 is 0 Å². The van der Waals surface area contributed by atoms with Gasteiger partial charge in [0, 0.05) is 12.1 Å².